The molecule has 2 amide bonds. The summed E-state index contributed by atoms with van der Waals surface area (Å²) in [5.74, 6) is -2.46. The second-order valence-electron chi connectivity index (χ2n) is 9.29. The highest BCUT2D eigenvalue weighted by molar-refractivity contribution is 6.01. The van der Waals surface area contributed by atoms with Crippen LogP contribution in [0.2, 0.25) is 0 Å². The molecule has 0 aliphatic carbocycles. The van der Waals surface area contributed by atoms with E-state index in [1.165, 1.54) is 14.2 Å². The minimum atomic E-state index is -0.874. The molecule has 2 aromatic carbocycles. The van der Waals surface area contributed by atoms with Crippen LogP contribution in [-0.4, -0.2) is 62.8 Å². The first-order valence-corrected chi connectivity index (χ1v) is 12.4. The fourth-order valence-electron chi connectivity index (χ4n) is 4.06. The molecule has 2 rings (SSSR count). The Morgan fingerprint density at radius 2 is 1.51 bits per heavy atom. The zero-order valence-electron chi connectivity index (χ0n) is 22.4. The summed E-state index contributed by atoms with van der Waals surface area (Å²) in [5.41, 5.74) is 0.454. The van der Waals surface area contributed by atoms with Crippen molar-refractivity contribution in [3.05, 3.63) is 48.0 Å². The lowest BCUT2D eigenvalue weighted by molar-refractivity contribution is -0.155. The third kappa shape index (κ3) is 8.65. The number of carbonyl (C=O) groups excluding carboxylic acids is 4. The van der Waals surface area contributed by atoms with Gasteiger partial charge < -0.3 is 24.8 Å². The van der Waals surface area contributed by atoms with Gasteiger partial charge in [-0.15, -0.1) is 0 Å². The second-order valence-corrected chi connectivity index (χ2v) is 9.29. The van der Waals surface area contributed by atoms with E-state index in [4.69, 9.17) is 14.2 Å². The van der Waals surface area contributed by atoms with E-state index in [0.29, 0.717) is 5.56 Å². The molecule has 0 saturated carbocycles. The SMILES string of the molecule is CCOC(=O)CC(NC(=O)C(C)CC(=O)C(NC(=O)c1ccc2ccccc2c1)C(C)C)C(OC)OC. The van der Waals surface area contributed by atoms with Crippen LogP contribution in [0.1, 0.15) is 50.9 Å². The molecule has 9 nitrogen and oxygen atoms in total. The molecule has 3 unspecified atom stereocenters. The molecular weight excluding hydrogens is 476 g/mol. The van der Waals surface area contributed by atoms with Crippen LogP contribution in [0.5, 0.6) is 0 Å². The molecule has 9 heteroatoms. The van der Waals surface area contributed by atoms with Crippen molar-refractivity contribution < 1.29 is 33.4 Å². The average molecular weight is 515 g/mol. The van der Waals surface area contributed by atoms with Gasteiger partial charge in [0.1, 0.15) is 0 Å². The first-order chi connectivity index (χ1) is 17.6. The summed E-state index contributed by atoms with van der Waals surface area (Å²) >= 11 is 0. The summed E-state index contributed by atoms with van der Waals surface area (Å²) in [6.45, 7) is 7.19. The molecule has 0 aromatic heterocycles. The molecular formula is C28H38N2O7. The monoisotopic (exact) mass is 514 g/mol. The van der Waals surface area contributed by atoms with E-state index in [9.17, 15) is 19.2 Å². The Morgan fingerprint density at radius 3 is 2.11 bits per heavy atom. The van der Waals surface area contributed by atoms with Gasteiger partial charge in [0.05, 0.1) is 25.1 Å². The maximum Gasteiger partial charge on any atom is 0.308 e. The van der Waals surface area contributed by atoms with Gasteiger partial charge in [0.25, 0.3) is 5.91 Å². The standard InChI is InChI=1S/C28H38N2O7/c1-7-37-24(32)16-22(28(35-5)36-6)29-26(33)18(4)14-23(31)25(17(2)3)30-27(34)21-13-12-19-10-8-9-11-20(19)15-21/h8-13,15,17-18,22,25,28H,7,14,16H2,1-6H3,(H,29,33)(H,30,34). The van der Waals surface area contributed by atoms with Crippen molar-refractivity contribution in [1.29, 1.82) is 0 Å². The second kappa shape index (κ2) is 14.4. The van der Waals surface area contributed by atoms with Gasteiger partial charge in [0.15, 0.2) is 12.1 Å². The van der Waals surface area contributed by atoms with Gasteiger partial charge in [0, 0.05) is 32.1 Å². The van der Waals surface area contributed by atoms with Gasteiger partial charge in [-0.3, -0.25) is 19.2 Å². The zero-order valence-corrected chi connectivity index (χ0v) is 22.4. The minimum Gasteiger partial charge on any atom is -0.466 e. The van der Waals surface area contributed by atoms with Crippen LogP contribution in [0.25, 0.3) is 10.8 Å². The summed E-state index contributed by atoms with van der Waals surface area (Å²) in [7, 11) is 2.80. The van der Waals surface area contributed by atoms with Gasteiger partial charge in [-0.05, 0) is 35.7 Å². The minimum absolute atomic E-state index is 0.0938. The van der Waals surface area contributed by atoms with Crippen molar-refractivity contribution in [2.45, 2.75) is 58.9 Å². The summed E-state index contributed by atoms with van der Waals surface area (Å²) in [4.78, 5) is 51.0. The number of amides is 2. The molecule has 0 heterocycles. The first kappa shape index (κ1) is 29.9. The molecule has 0 aliphatic rings. The van der Waals surface area contributed by atoms with E-state index in [1.807, 2.05) is 44.2 Å². The fraction of sp³-hybridized carbons (Fsp3) is 0.500. The fourth-order valence-corrected chi connectivity index (χ4v) is 4.06. The van der Waals surface area contributed by atoms with Crippen LogP contribution < -0.4 is 10.6 Å². The average Bonchev–Trinajstić information content (AvgIpc) is 2.87. The lowest BCUT2D eigenvalue weighted by Crippen LogP contribution is -2.49. The van der Waals surface area contributed by atoms with Crippen molar-refractivity contribution in [3.8, 4) is 0 Å². The Labute approximate surface area is 218 Å². The number of nitrogens with one attached hydrogen (secondary N) is 2. The molecule has 2 aromatic rings. The summed E-state index contributed by atoms with van der Waals surface area (Å²) in [6.07, 6.45) is -1.12. The van der Waals surface area contributed by atoms with E-state index in [2.05, 4.69) is 10.6 Å². The van der Waals surface area contributed by atoms with E-state index < -0.39 is 36.2 Å². The Morgan fingerprint density at radius 1 is 0.865 bits per heavy atom. The molecule has 0 saturated heterocycles. The largest absolute Gasteiger partial charge is 0.466 e. The third-order valence-electron chi connectivity index (χ3n) is 6.08. The lowest BCUT2D eigenvalue weighted by Gasteiger charge is -2.27. The highest BCUT2D eigenvalue weighted by Crippen LogP contribution is 2.17. The molecule has 0 spiro atoms. The van der Waals surface area contributed by atoms with E-state index in [1.54, 1.807) is 26.0 Å². The number of methoxy groups -OCH3 is 2. The predicted molar refractivity (Wildman–Crippen MR) is 140 cm³/mol. The maximum absolute atomic E-state index is 13.2. The van der Waals surface area contributed by atoms with Gasteiger partial charge in [-0.25, -0.2) is 0 Å². The molecule has 0 aliphatic heterocycles. The van der Waals surface area contributed by atoms with Gasteiger partial charge >= 0.3 is 5.97 Å². The topological polar surface area (TPSA) is 120 Å². The van der Waals surface area contributed by atoms with Gasteiger partial charge in [-0.2, -0.15) is 0 Å². The first-order valence-electron chi connectivity index (χ1n) is 12.4. The molecule has 2 N–H and O–H groups in total. The number of ether oxygens (including phenoxy) is 3. The molecule has 202 valence electrons. The number of Topliss-reactive ketones (excluding diaryl/α,β-unsaturated/α-hetero) is 1. The summed E-state index contributed by atoms with van der Waals surface area (Å²) in [5, 5.41) is 7.51. The molecule has 37 heavy (non-hydrogen) atoms. The van der Waals surface area contributed by atoms with Crippen molar-refractivity contribution in [1.82, 2.24) is 10.6 Å². The maximum atomic E-state index is 13.2. The number of ketones is 1. The normalized spacial score (nSPS) is 13.7. The van der Waals surface area contributed by atoms with Crippen LogP contribution in [0, 0.1) is 11.8 Å². The van der Waals surface area contributed by atoms with Crippen molar-refractivity contribution >= 4 is 34.3 Å². The molecule has 3 atom stereocenters. The highest BCUT2D eigenvalue weighted by atomic mass is 16.7. The van der Waals surface area contributed by atoms with E-state index >= 15 is 0 Å². The quantitative estimate of drug-likeness (QED) is 0.293. The predicted octanol–water partition coefficient (Wildman–Crippen LogP) is 3.25. The number of fused-ring (bicyclic) bond motifs is 1. The number of benzene rings is 2. The third-order valence-corrected chi connectivity index (χ3v) is 6.08. The number of carbonyl (C=O) groups is 4. The van der Waals surface area contributed by atoms with Crippen LogP contribution in [0.15, 0.2) is 42.5 Å². The van der Waals surface area contributed by atoms with E-state index in [-0.39, 0.29) is 37.1 Å². The van der Waals surface area contributed by atoms with Crippen LogP contribution in [-0.2, 0) is 28.6 Å². The Hall–Kier alpha value is -3.30. The zero-order chi connectivity index (χ0) is 27.5. The van der Waals surface area contributed by atoms with Crippen molar-refractivity contribution in [3.63, 3.8) is 0 Å². The lowest BCUT2D eigenvalue weighted by atomic mass is 9.92. The number of hydrogen-bond donors (Lipinski definition) is 2. The molecule has 0 bridgehead atoms. The van der Waals surface area contributed by atoms with E-state index in [0.717, 1.165) is 10.8 Å². The summed E-state index contributed by atoms with van der Waals surface area (Å²) < 4.78 is 15.4. The van der Waals surface area contributed by atoms with Crippen molar-refractivity contribution in [2.75, 3.05) is 20.8 Å². The van der Waals surface area contributed by atoms with Crippen LogP contribution in [0.4, 0.5) is 0 Å². The number of hydrogen-bond acceptors (Lipinski definition) is 7. The van der Waals surface area contributed by atoms with Gasteiger partial charge in [-0.1, -0.05) is 51.1 Å². The van der Waals surface area contributed by atoms with Crippen LogP contribution >= 0.6 is 0 Å². The molecule has 0 fully saturated rings. The van der Waals surface area contributed by atoms with Crippen molar-refractivity contribution in [2.24, 2.45) is 11.8 Å². The Kier molecular flexibility index (Phi) is 11.7. The van der Waals surface area contributed by atoms with Gasteiger partial charge in [0.2, 0.25) is 5.91 Å². The number of esters is 1. The molecule has 0 radical (unpaired) electrons. The van der Waals surface area contributed by atoms with Crippen LogP contribution in [0.3, 0.4) is 0 Å². The Balaban J connectivity index is 2.06. The highest BCUT2D eigenvalue weighted by Gasteiger charge is 2.31. The Bertz CT molecular complexity index is 1080. The number of rotatable bonds is 14. The summed E-state index contributed by atoms with van der Waals surface area (Å²) in [6, 6.07) is 11.5. The smallest absolute Gasteiger partial charge is 0.308 e.